The van der Waals surface area contributed by atoms with Gasteiger partial charge in [0.05, 0.1) is 0 Å². The molecule has 0 aromatic heterocycles. The van der Waals surface area contributed by atoms with E-state index in [4.69, 9.17) is 0 Å². The normalized spacial score (nSPS) is 19.2. The summed E-state index contributed by atoms with van der Waals surface area (Å²) in [4.78, 5) is 28.9. The average Bonchev–Trinajstić information content (AvgIpc) is 2.69. The summed E-state index contributed by atoms with van der Waals surface area (Å²) in [5.74, 6) is 0.169. The molecule has 0 aliphatic carbocycles. The SMILES string of the molecule is O=C(NCCN1CCCCC1)C1CCN(C(=O)Nc2ccccc2)CC1. The smallest absolute Gasteiger partial charge is 0.321 e. The summed E-state index contributed by atoms with van der Waals surface area (Å²) < 4.78 is 0. The number of nitrogens with zero attached hydrogens (tertiary/aromatic N) is 2. The molecule has 2 N–H and O–H groups in total. The van der Waals surface area contributed by atoms with Crippen molar-refractivity contribution in [2.24, 2.45) is 5.92 Å². The number of nitrogens with one attached hydrogen (secondary N) is 2. The standard InChI is InChI=1S/C20H30N4O2/c25-19(21-11-16-23-12-5-2-6-13-23)17-9-14-24(15-10-17)20(26)22-18-7-3-1-4-8-18/h1,3-4,7-8,17H,2,5-6,9-16H2,(H,21,25)(H,22,26). The van der Waals surface area contributed by atoms with Crippen molar-refractivity contribution in [2.45, 2.75) is 32.1 Å². The van der Waals surface area contributed by atoms with Gasteiger partial charge in [-0.2, -0.15) is 0 Å². The second kappa shape index (κ2) is 9.57. The van der Waals surface area contributed by atoms with Crippen molar-refractivity contribution in [2.75, 3.05) is 44.6 Å². The number of hydrogen-bond donors (Lipinski definition) is 2. The van der Waals surface area contributed by atoms with Gasteiger partial charge < -0.3 is 20.4 Å². The summed E-state index contributed by atoms with van der Waals surface area (Å²) in [5, 5.41) is 5.99. The van der Waals surface area contributed by atoms with Gasteiger partial charge in [-0.3, -0.25) is 4.79 Å². The number of likely N-dealkylation sites (tertiary alicyclic amines) is 2. The summed E-state index contributed by atoms with van der Waals surface area (Å²) in [6.07, 6.45) is 5.35. The number of urea groups is 1. The first-order valence-electron chi connectivity index (χ1n) is 9.83. The average molecular weight is 358 g/mol. The number of para-hydroxylation sites is 1. The van der Waals surface area contributed by atoms with Gasteiger partial charge in [0.25, 0.3) is 0 Å². The molecule has 3 amide bonds. The van der Waals surface area contributed by atoms with Crippen LogP contribution in [0.15, 0.2) is 30.3 Å². The number of amides is 3. The molecule has 1 aromatic carbocycles. The first-order valence-corrected chi connectivity index (χ1v) is 9.83. The molecule has 6 heteroatoms. The molecule has 0 radical (unpaired) electrons. The molecule has 0 atom stereocenters. The van der Waals surface area contributed by atoms with Crippen LogP contribution in [-0.4, -0.2) is 61.0 Å². The van der Waals surface area contributed by atoms with Crippen molar-refractivity contribution in [1.82, 2.24) is 15.1 Å². The Bertz CT molecular complexity index is 579. The highest BCUT2D eigenvalue weighted by atomic mass is 16.2. The summed E-state index contributed by atoms with van der Waals surface area (Å²) in [5.41, 5.74) is 0.801. The number of carbonyl (C=O) groups excluding carboxylic acids is 2. The van der Waals surface area contributed by atoms with Gasteiger partial charge in [0.2, 0.25) is 5.91 Å². The lowest BCUT2D eigenvalue weighted by Gasteiger charge is -2.31. The summed E-state index contributed by atoms with van der Waals surface area (Å²) in [6.45, 7) is 5.25. The Morgan fingerprint density at radius 1 is 0.962 bits per heavy atom. The van der Waals surface area contributed by atoms with E-state index in [0.717, 1.165) is 44.7 Å². The lowest BCUT2D eigenvalue weighted by atomic mass is 9.96. The fourth-order valence-electron chi connectivity index (χ4n) is 3.73. The maximum Gasteiger partial charge on any atom is 0.321 e. The second-order valence-corrected chi connectivity index (χ2v) is 7.25. The van der Waals surface area contributed by atoms with Crippen molar-refractivity contribution < 1.29 is 9.59 Å². The second-order valence-electron chi connectivity index (χ2n) is 7.25. The van der Waals surface area contributed by atoms with E-state index in [-0.39, 0.29) is 17.9 Å². The van der Waals surface area contributed by atoms with E-state index < -0.39 is 0 Å². The number of benzene rings is 1. The van der Waals surface area contributed by atoms with Crippen molar-refractivity contribution in [3.05, 3.63) is 30.3 Å². The third-order valence-corrected chi connectivity index (χ3v) is 5.35. The molecule has 0 saturated carbocycles. The van der Waals surface area contributed by atoms with Gasteiger partial charge in [-0.05, 0) is 50.9 Å². The third kappa shape index (κ3) is 5.46. The van der Waals surface area contributed by atoms with Crippen molar-refractivity contribution >= 4 is 17.6 Å². The van der Waals surface area contributed by atoms with Crippen LogP contribution >= 0.6 is 0 Å². The first-order chi connectivity index (χ1) is 12.7. The summed E-state index contributed by atoms with van der Waals surface area (Å²) in [7, 11) is 0. The van der Waals surface area contributed by atoms with Crippen LogP contribution in [0.5, 0.6) is 0 Å². The van der Waals surface area contributed by atoms with Crippen LogP contribution in [0.4, 0.5) is 10.5 Å². The maximum absolute atomic E-state index is 12.4. The van der Waals surface area contributed by atoms with Crippen LogP contribution in [0, 0.1) is 5.92 Å². The molecule has 2 aliphatic heterocycles. The highest BCUT2D eigenvalue weighted by molar-refractivity contribution is 5.89. The monoisotopic (exact) mass is 358 g/mol. The van der Waals surface area contributed by atoms with Gasteiger partial charge >= 0.3 is 6.03 Å². The Morgan fingerprint density at radius 2 is 1.65 bits per heavy atom. The predicted molar refractivity (Wildman–Crippen MR) is 103 cm³/mol. The Labute approximate surface area is 155 Å². The molecule has 0 spiro atoms. The topological polar surface area (TPSA) is 64.7 Å². The van der Waals surface area contributed by atoms with Crippen molar-refractivity contribution in [3.63, 3.8) is 0 Å². The highest BCUT2D eigenvalue weighted by Crippen LogP contribution is 2.18. The van der Waals surface area contributed by atoms with Gasteiger partial charge in [-0.1, -0.05) is 24.6 Å². The van der Waals surface area contributed by atoms with Gasteiger partial charge in [0, 0.05) is 37.8 Å². The van der Waals surface area contributed by atoms with E-state index >= 15 is 0 Å². The number of rotatable bonds is 5. The van der Waals surface area contributed by atoms with E-state index in [2.05, 4.69) is 15.5 Å². The lowest BCUT2D eigenvalue weighted by molar-refractivity contribution is -0.126. The Hall–Kier alpha value is -2.08. The van der Waals surface area contributed by atoms with Crippen LogP contribution in [-0.2, 0) is 4.79 Å². The number of hydrogen-bond acceptors (Lipinski definition) is 3. The zero-order valence-corrected chi connectivity index (χ0v) is 15.5. The molecule has 142 valence electrons. The van der Waals surface area contributed by atoms with Gasteiger partial charge in [-0.25, -0.2) is 4.79 Å². The quantitative estimate of drug-likeness (QED) is 0.850. The van der Waals surface area contributed by atoms with Crippen LogP contribution in [0.25, 0.3) is 0 Å². The molecular weight excluding hydrogens is 328 g/mol. The van der Waals surface area contributed by atoms with Gasteiger partial charge in [0.15, 0.2) is 0 Å². The summed E-state index contributed by atoms with van der Waals surface area (Å²) >= 11 is 0. The largest absolute Gasteiger partial charge is 0.355 e. The molecule has 1 aromatic rings. The van der Waals surface area contributed by atoms with Crippen LogP contribution < -0.4 is 10.6 Å². The molecular formula is C20H30N4O2. The zero-order chi connectivity index (χ0) is 18.2. The molecule has 0 unspecified atom stereocenters. The predicted octanol–water partition coefficient (Wildman–Crippen LogP) is 2.53. The fourth-order valence-corrected chi connectivity index (χ4v) is 3.73. The van der Waals surface area contributed by atoms with Crippen LogP contribution in [0.1, 0.15) is 32.1 Å². The number of carbonyl (C=O) groups is 2. The molecule has 2 saturated heterocycles. The van der Waals surface area contributed by atoms with Crippen LogP contribution in [0.3, 0.4) is 0 Å². The summed E-state index contributed by atoms with van der Waals surface area (Å²) in [6, 6.07) is 9.39. The van der Waals surface area contributed by atoms with Crippen molar-refractivity contribution in [3.8, 4) is 0 Å². The third-order valence-electron chi connectivity index (χ3n) is 5.35. The Balaban J connectivity index is 1.34. The zero-order valence-electron chi connectivity index (χ0n) is 15.5. The molecule has 6 nitrogen and oxygen atoms in total. The molecule has 0 bridgehead atoms. The molecule has 2 fully saturated rings. The lowest BCUT2D eigenvalue weighted by Crippen LogP contribution is -2.45. The first kappa shape index (κ1) is 18.7. The Kier molecular flexibility index (Phi) is 6.89. The minimum Gasteiger partial charge on any atom is -0.355 e. The number of anilines is 1. The molecule has 3 rings (SSSR count). The number of piperidine rings is 2. The maximum atomic E-state index is 12.4. The Morgan fingerprint density at radius 3 is 2.35 bits per heavy atom. The van der Waals surface area contributed by atoms with E-state index in [1.165, 1.54) is 19.3 Å². The fraction of sp³-hybridized carbons (Fsp3) is 0.600. The van der Waals surface area contributed by atoms with Crippen LogP contribution in [0.2, 0.25) is 0 Å². The van der Waals surface area contributed by atoms with Gasteiger partial charge in [0.1, 0.15) is 0 Å². The van der Waals surface area contributed by atoms with Crippen molar-refractivity contribution in [1.29, 1.82) is 0 Å². The van der Waals surface area contributed by atoms with E-state index in [1.54, 1.807) is 4.90 Å². The van der Waals surface area contributed by atoms with Gasteiger partial charge in [-0.15, -0.1) is 0 Å². The van der Waals surface area contributed by atoms with E-state index in [1.807, 2.05) is 30.3 Å². The van der Waals surface area contributed by atoms with E-state index in [0.29, 0.717) is 13.1 Å². The highest BCUT2D eigenvalue weighted by Gasteiger charge is 2.27. The minimum absolute atomic E-state index is 0.0251. The molecule has 2 aliphatic rings. The van der Waals surface area contributed by atoms with E-state index in [9.17, 15) is 9.59 Å². The molecule has 2 heterocycles. The molecule has 26 heavy (non-hydrogen) atoms. The minimum atomic E-state index is -0.0832.